The van der Waals surface area contributed by atoms with Gasteiger partial charge in [0.05, 0.1) is 6.54 Å². The van der Waals surface area contributed by atoms with Gasteiger partial charge >= 0.3 is 0 Å². The molecule has 0 aliphatic carbocycles. The molecule has 1 heterocycles. The normalized spacial score (nSPS) is 22.7. The van der Waals surface area contributed by atoms with Crippen molar-refractivity contribution in [2.24, 2.45) is 5.92 Å². The highest BCUT2D eigenvalue weighted by Crippen LogP contribution is 2.10. The van der Waals surface area contributed by atoms with Crippen molar-refractivity contribution in [3.05, 3.63) is 11.6 Å². The number of piperazine rings is 1. The molecular weight excluding hydrogens is 216 g/mol. The lowest BCUT2D eigenvalue weighted by atomic mass is 10.0. The van der Waals surface area contributed by atoms with E-state index in [0.29, 0.717) is 6.54 Å². The Morgan fingerprint density at radius 1 is 1.60 bits per heavy atom. The van der Waals surface area contributed by atoms with Gasteiger partial charge in [0.15, 0.2) is 0 Å². The molecule has 15 heavy (non-hydrogen) atoms. The van der Waals surface area contributed by atoms with Crippen LogP contribution in [0.15, 0.2) is 11.6 Å². The van der Waals surface area contributed by atoms with Gasteiger partial charge in [-0.1, -0.05) is 31.5 Å². The van der Waals surface area contributed by atoms with Crippen molar-refractivity contribution in [2.45, 2.75) is 19.9 Å². The van der Waals surface area contributed by atoms with E-state index in [1.807, 2.05) is 13.8 Å². The maximum absolute atomic E-state index is 11.9. The molecule has 1 unspecified atom stereocenters. The Kier molecular flexibility index (Phi) is 4.15. The summed E-state index contributed by atoms with van der Waals surface area (Å²) in [6.07, 6.45) is 1.65. The molecule has 0 aromatic rings. The third-order valence-electron chi connectivity index (χ3n) is 2.31. The van der Waals surface area contributed by atoms with Crippen LogP contribution in [0.3, 0.4) is 0 Å². The van der Waals surface area contributed by atoms with Crippen molar-refractivity contribution in [1.82, 2.24) is 10.2 Å². The molecule has 0 spiro atoms. The summed E-state index contributed by atoms with van der Waals surface area (Å²) in [6, 6.07) is -0.407. The third kappa shape index (κ3) is 2.96. The first kappa shape index (κ1) is 12.0. The van der Waals surface area contributed by atoms with Crippen LogP contribution in [-0.2, 0) is 9.59 Å². The number of rotatable bonds is 3. The number of nitrogens with one attached hydrogen (secondary N) is 1. The monoisotopic (exact) mass is 230 g/mol. The predicted octanol–water partition coefficient (Wildman–Crippen LogP) is 0.722. The number of carbonyl (C=O) groups is 2. The molecule has 1 fully saturated rings. The van der Waals surface area contributed by atoms with Crippen LogP contribution >= 0.6 is 11.6 Å². The Morgan fingerprint density at radius 2 is 2.27 bits per heavy atom. The zero-order chi connectivity index (χ0) is 11.4. The van der Waals surface area contributed by atoms with Gasteiger partial charge in [0.2, 0.25) is 11.8 Å². The first-order valence-corrected chi connectivity index (χ1v) is 5.33. The summed E-state index contributed by atoms with van der Waals surface area (Å²) >= 11 is 5.38. The first-order valence-electron chi connectivity index (χ1n) is 4.89. The third-order valence-corrected chi connectivity index (χ3v) is 2.49. The number of halogens is 1. The van der Waals surface area contributed by atoms with Crippen LogP contribution in [0, 0.1) is 5.92 Å². The van der Waals surface area contributed by atoms with E-state index in [1.54, 1.807) is 6.08 Å². The van der Waals surface area contributed by atoms with Crippen molar-refractivity contribution in [3.8, 4) is 0 Å². The Balaban J connectivity index is 2.72. The molecule has 1 rings (SSSR count). The molecular formula is C10H15ClN2O2. The van der Waals surface area contributed by atoms with Crippen molar-refractivity contribution in [2.75, 3.05) is 13.1 Å². The number of hydrogen-bond donors (Lipinski definition) is 1. The summed E-state index contributed by atoms with van der Waals surface area (Å²) in [5, 5.41) is 2.68. The quantitative estimate of drug-likeness (QED) is 0.777. The molecule has 0 radical (unpaired) electrons. The number of hydrogen-bond acceptors (Lipinski definition) is 2. The number of amides is 2. The van der Waals surface area contributed by atoms with Crippen LogP contribution < -0.4 is 5.32 Å². The van der Waals surface area contributed by atoms with Crippen LogP contribution in [0.5, 0.6) is 0 Å². The lowest BCUT2D eigenvalue weighted by Crippen LogP contribution is -2.59. The fourth-order valence-corrected chi connectivity index (χ4v) is 1.58. The molecule has 84 valence electrons. The van der Waals surface area contributed by atoms with E-state index < -0.39 is 6.04 Å². The topological polar surface area (TPSA) is 49.4 Å². The SMILES string of the molecule is CC(C)C1NC(=O)CN(C/C=C/Cl)C1=O. The molecule has 2 amide bonds. The van der Waals surface area contributed by atoms with Crippen LogP contribution in [0.2, 0.25) is 0 Å². The maximum Gasteiger partial charge on any atom is 0.246 e. The largest absolute Gasteiger partial charge is 0.343 e. The number of carbonyl (C=O) groups excluding carboxylic acids is 2. The van der Waals surface area contributed by atoms with Crippen molar-refractivity contribution in [3.63, 3.8) is 0 Å². The maximum atomic E-state index is 11.9. The van der Waals surface area contributed by atoms with E-state index in [2.05, 4.69) is 5.32 Å². The Labute approximate surface area is 94.3 Å². The smallest absolute Gasteiger partial charge is 0.246 e. The fraction of sp³-hybridized carbons (Fsp3) is 0.600. The Bertz CT molecular complexity index is 289. The average Bonchev–Trinajstić information content (AvgIpc) is 2.18. The molecule has 1 atom stereocenters. The molecule has 0 bridgehead atoms. The van der Waals surface area contributed by atoms with Gasteiger partial charge in [0.25, 0.3) is 0 Å². The highest BCUT2D eigenvalue weighted by Gasteiger charge is 2.33. The molecule has 4 nitrogen and oxygen atoms in total. The summed E-state index contributed by atoms with van der Waals surface area (Å²) in [4.78, 5) is 24.7. The zero-order valence-electron chi connectivity index (χ0n) is 8.87. The minimum absolute atomic E-state index is 0.0423. The van der Waals surface area contributed by atoms with E-state index in [1.165, 1.54) is 10.4 Å². The minimum atomic E-state index is -0.407. The van der Waals surface area contributed by atoms with E-state index in [9.17, 15) is 9.59 Å². The summed E-state index contributed by atoms with van der Waals surface area (Å²) in [5.41, 5.74) is 1.35. The second-order valence-corrected chi connectivity index (χ2v) is 4.12. The lowest BCUT2D eigenvalue weighted by Gasteiger charge is -2.33. The molecule has 1 saturated heterocycles. The van der Waals surface area contributed by atoms with Gasteiger partial charge in [0.1, 0.15) is 6.04 Å². The second-order valence-electron chi connectivity index (χ2n) is 3.87. The van der Waals surface area contributed by atoms with Crippen molar-refractivity contribution >= 4 is 23.4 Å². The van der Waals surface area contributed by atoms with Crippen LogP contribution in [0.1, 0.15) is 13.8 Å². The standard InChI is InChI=1S/C10H15ClN2O2/c1-7(2)9-10(15)13(5-3-4-11)6-8(14)12-9/h3-4,7,9H,5-6H2,1-2H3,(H,12,14)/b4-3+. The van der Waals surface area contributed by atoms with Gasteiger partial charge in [-0.05, 0) is 5.92 Å². The molecule has 5 heteroatoms. The van der Waals surface area contributed by atoms with Gasteiger partial charge in [-0.25, -0.2) is 0 Å². The van der Waals surface area contributed by atoms with E-state index >= 15 is 0 Å². The van der Waals surface area contributed by atoms with Crippen molar-refractivity contribution in [1.29, 1.82) is 0 Å². The molecule has 0 aromatic carbocycles. The van der Waals surface area contributed by atoms with Gasteiger partial charge in [0, 0.05) is 12.1 Å². The van der Waals surface area contributed by atoms with E-state index in [-0.39, 0.29) is 24.3 Å². The van der Waals surface area contributed by atoms with Gasteiger partial charge < -0.3 is 10.2 Å². The van der Waals surface area contributed by atoms with Crippen LogP contribution in [0.25, 0.3) is 0 Å². The zero-order valence-corrected chi connectivity index (χ0v) is 9.62. The molecule has 0 saturated carbocycles. The predicted molar refractivity (Wildman–Crippen MR) is 58.3 cm³/mol. The minimum Gasteiger partial charge on any atom is -0.343 e. The van der Waals surface area contributed by atoms with Gasteiger partial charge in [-0.2, -0.15) is 0 Å². The second kappa shape index (κ2) is 5.16. The molecule has 1 N–H and O–H groups in total. The highest BCUT2D eigenvalue weighted by molar-refractivity contribution is 6.25. The average molecular weight is 231 g/mol. The highest BCUT2D eigenvalue weighted by atomic mass is 35.5. The van der Waals surface area contributed by atoms with Crippen molar-refractivity contribution < 1.29 is 9.59 Å². The summed E-state index contributed by atoms with van der Waals surface area (Å²) in [5.74, 6) is -0.0557. The number of nitrogens with zero attached hydrogens (tertiary/aromatic N) is 1. The van der Waals surface area contributed by atoms with E-state index in [4.69, 9.17) is 11.6 Å². The van der Waals surface area contributed by atoms with Crippen LogP contribution in [0.4, 0.5) is 0 Å². The molecule has 1 aliphatic heterocycles. The van der Waals surface area contributed by atoms with Gasteiger partial charge in [-0.3, -0.25) is 9.59 Å². The molecule has 1 aliphatic rings. The van der Waals surface area contributed by atoms with Crippen LogP contribution in [-0.4, -0.2) is 35.8 Å². The Morgan fingerprint density at radius 3 is 2.80 bits per heavy atom. The molecule has 0 aromatic heterocycles. The van der Waals surface area contributed by atoms with Gasteiger partial charge in [-0.15, -0.1) is 0 Å². The Hall–Kier alpha value is -1.03. The lowest BCUT2D eigenvalue weighted by molar-refractivity contribution is -0.144. The van der Waals surface area contributed by atoms with E-state index in [0.717, 1.165) is 0 Å². The summed E-state index contributed by atoms with van der Waals surface area (Å²) in [6.45, 7) is 4.32. The first-order chi connectivity index (χ1) is 7.06. The summed E-state index contributed by atoms with van der Waals surface area (Å²) < 4.78 is 0. The fourth-order valence-electron chi connectivity index (χ4n) is 1.50. The summed E-state index contributed by atoms with van der Waals surface area (Å²) in [7, 11) is 0.